The summed E-state index contributed by atoms with van der Waals surface area (Å²) in [6.45, 7) is -0.127. The quantitative estimate of drug-likeness (QED) is 0.630. The van der Waals surface area contributed by atoms with Crippen molar-refractivity contribution in [1.29, 1.82) is 0 Å². The predicted molar refractivity (Wildman–Crippen MR) is 59.1 cm³/mol. The number of carbonyl (C=O) groups is 2. The number of hydrogen-bond donors (Lipinski definition) is 3. The summed E-state index contributed by atoms with van der Waals surface area (Å²) in [7, 11) is 1.27. The fourth-order valence-electron chi connectivity index (χ4n) is 1.45. The summed E-state index contributed by atoms with van der Waals surface area (Å²) in [5, 5.41) is 17.6. The number of aromatic amines is 1. The lowest BCUT2D eigenvalue weighted by atomic mass is 10.3. The summed E-state index contributed by atoms with van der Waals surface area (Å²) in [4.78, 5) is 26.4. The van der Waals surface area contributed by atoms with E-state index in [0.29, 0.717) is 11.7 Å². The van der Waals surface area contributed by atoms with Crippen molar-refractivity contribution in [3.8, 4) is 0 Å². The standard InChI is InChI=1S/C10H14N4O4/c1-18-6(10(16)17)4-11-9(15)8-12-7(13-14-8)5-2-3-5/h5-6H,2-4H2,1H3,(H,11,15)(H,16,17)(H,12,13,14). The topological polar surface area (TPSA) is 117 Å². The van der Waals surface area contributed by atoms with Crippen LogP contribution in [-0.4, -0.2) is 51.9 Å². The van der Waals surface area contributed by atoms with Crippen LogP contribution in [-0.2, 0) is 9.53 Å². The lowest BCUT2D eigenvalue weighted by Crippen LogP contribution is -2.38. The van der Waals surface area contributed by atoms with E-state index in [4.69, 9.17) is 5.11 Å². The van der Waals surface area contributed by atoms with Gasteiger partial charge in [-0.2, -0.15) is 0 Å². The summed E-state index contributed by atoms with van der Waals surface area (Å²) < 4.78 is 4.69. The number of methoxy groups -OCH3 is 1. The number of rotatable bonds is 6. The molecule has 1 aromatic heterocycles. The lowest BCUT2D eigenvalue weighted by molar-refractivity contribution is -0.148. The van der Waals surface area contributed by atoms with Gasteiger partial charge < -0.3 is 15.2 Å². The van der Waals surface area contributed by atoms with Crippen LogP contribution in [0.5, 0.6) is 0 Å². The molecule has 1 aliphatic carbocycles. The Bertz CT molecular complexity index is 454. The van der Waals surface area contributed by atoms with E-state index in [1.165, 1.54) is 7.11 Å². The van der Waals surface area contributed by atoms with Crippen LogP contribution in [0.4, 0.5) is 0 Å². The Morgan fingerprint density at radius 3 is 2.89 bits per heavy atom. The zero-order chi connectivity index (χ0) is 13.1. The molecule has 1 aromatic rings. The third kappa shape index (κ3) is 2.83. The van der Waals surface area contributed by atoms with Crippen molar-refractivity contribution in [3.63, 3.8) is 0 Å². The number of hydrogen-bond acceptors (Lipinski definition) is 5. The van der Waals surface area contributed by atoms with Gasteiger partial charge in [0.25, 0.3) is 5.91 Å². The zero-order valence-electron chi connectivity index (χ0n) is 9.84. The molecule has 1 saturated carbocycles. The molecule has 8 heteroatoms. The van der Waals surface area contributed by atoms with Crippen molar-refractivity contribution in [2.24, 2.45) is 0 Å². The molecule has 1 aliphatic rings. The van der Waals surface area contributed by atoms with Crippen LogP contribution in [0.15, 0.2) is 0 Å². The molecule has 18 heavy (non-hydrogen) atoms. The minimum atomic E-state index is -1.13. The van der Waals surface area contributed by atoms with Crippen molar-refractivity contribution < 1.29 is 19.4 Å². The largest absolute Gasteiger partial charge is 0.479 e. The van der Waals surface area contributed by atoms with Gasteiger partial charge in [0.15, 0.2) is 6.10 Å². The van der Waals surface area contributed by atoms with Gasteiger partial charge >= 0.3 is 5.97 Å². The van der Waals surface area contributed by atoms with Crippen LogP contribution in [0.1, 0.15) is 35.2 Å². The second-order valence-corrected chi connectivity index (χ2v) is 4.09. The van der Waals surface area contributed by atoms with Gasteiger partial charge in [-0.3, -0.25) is 9.89 Å². The Kier molecular flexibility index (Phi) is 3.56. The van der Waals surface area contributed by atoms with Gasteiger partial charge in [0, 0.05) is 13.0 Å². The number of ether oxygens (including phenoxy) is 1. The van der Waals surface area contributed by atoms with Crippen molar-refractivity contribution >= 4 is 11.9 Å². The highest BCUT2D eigenvalue weighted by Crippen LogP contribution is 2.37. The number of amides is 1. The van der Waals surface area contributed by atoms with Crippen LogP contribution in [0.2, 0.25) is 0 Å². The highest BCUT2D eigenvalue weighted by atomic mass is 16.5. The summed E-state index contributed by atoms with van der Waals surface area (Å²) in [6.07, 6.45) is 1.04. The number of nitrogens with zero attached hydrogens (tertiary/aromatic N) is 2. The molecule has 0 aromatic carbocycles. The molecule has 1 unspecified atom stereocenters. The van der Waals surface area contributed by atoms with Crippen LogP contribution in [0, 0.1) is 0 Å². The maximum Gasteiger partial charge on any atom is 0.334 e. The van der Waals surface area contributed by atoms with E-state index in [-0.39, 0.29) is 12.4 Å². The maximum atomic E-state index is 11.6. The van der Waals surface area contributed by atoms with Gasteiger partial charge in [0.05, 0.1) is 6.54 Å². The van der Waals surface area contributed by atoms with E-state index in [1.807, 2.05) is 0 Å². The van der Waals surface area contributed by atoms with Gasteiger partial charge in [-0.15, -0.1) is 5.10 Å². The number of aromatic nitrogens is 3. The van der Waals surface area contributed by atoms with Crippen LogP contribution in [0.3, 0.4) is 0 Å². The van der Waals surface area contributed by atoms with Crippen molar-refractivity contribution in [2.75, 3.05) is 13.7 Å². The smallest absolute Gasteiger partial charge is 0.334 e. The van der Waals surface area contributed by atoms with Gasteiger partial charge in [0.2, 0.25) is 5.82 Å². The first-order chi connectivity index (χ1) is 8.61. The fourth-order valence-corrected chi connectivity index (χ4v) is 1.45. The van der Waals surface area contributed by atoms with Crippen LogP contribution < -0.4 is 5.32 Å². The average molecular weight is 254 g/mol. The third-order valence-electron chi connectivity index (χ3n) is 2.68. The summed E-state index contributed by atoms with van der Waals surface area (Å²) in [5.74, 6) is -0.531. The van der Waals surface area contributed by atoms with Gasteiger partial charge in [-0.1, -0.05) is 0 Å². The Balaban J connectivity index is 1.88. The van der Waals surface area contributed by atoms with E-state index >= 15 is 0 Å². The van der Waals surface area contributed by atoms with Crippen LogP contribution in [0.25, 0.3) is 0 Å². The number of carboxylic acid groups (broad SMARTS) is 1. The molecule has 0 bridgehead atoms. The normalized spacial score (nSPS) is 16.3. The Morgan fingerprint density at radius 1 is 1.61 bits per heavy atom. The second-order valence-electron chi connectivity index (χ2n) is 4.09. The fraction of sp³-hybridized carbons (Fsp3) is 0.600. The van der Waals surface area contributed by atoms with Crippen LogP contribution >= 0.6 is 0 Å². The molecular formula is C10H14N4O4. The van der Waals surface area contributed by atoms with E-state index in [0.717, 1.165) is 12.8 Å². The minimum Gasteiger partial charge on any atom is -0.479 e. The summed E-state index contributed by atoms with van der Waals surface area (Å²) in [5.41, 5.74) is 0. The molecule has 98 valence electrons. The van der Waals surface area contributed by atoms with Crippen molar-refractivity contribution in [2.45, 2.75) is 24.9 Å². The van der Waals surface area contributed by atoms with E-state index < -0.39 is 18.0 Å². The Labute approximate surface area is 103 Å². The Hall–Kier alpha value is -1.96. The highest BCUT2D eigenvalue weighted by Gasteiger charge is 2.28. The van der Waals surface area contributed by atoms with Crippen molar-refractivity contribution in [3.05, 3.63) is 11.6 Å². The number of carboxylic acids is 1. The van der Waals surface area contributed by atoms with Gasteiger partial charge in [-0.25, -0.2) is 9.78 Å². The third-order valence-corrected chi connectivity index (χ3v) is 2.68. The number of aliphatic carboxylic acids is 1. The maximum absolute atomic E-state index is 11.6. The molecule has 1 amide bonds. The lowest BCUT2D eigenvalue weighted by Gasteiger charge is -2.10. The molecule has 1 fully saturated rings. The molecule has 3 N–H and O–H groups in total. The SMILES string of the molecule is COC(CNC(=O)c1n[nH]c(C2CC2)n1)C(=O)O. The highest BCUT2D eigenvalue weighted by molar-refractivity contribution is 5.90. The monoisotopic (exact) mass is 254 g/mol. The van der Waals surface area contributed by atoms with E-state index in [9.17, 15) is 9.59 Å². The first-order valence-electron chi connectivity index (χ1n) is 5.58. The van der Waals surface area contributed by atoms with Gasteiger partial charge in [-0.05, 0) is 12.8 Å². The molecule has 2 rings (SSSR count). The molecule has 8 nitrogen and oxygen atoms in total. The van der Waals surface area contributed by atoms with Crippen molar-refractivity contribution in [1.82, 2.24) is 20.5 Å². The average Bonchev–Trinajstić information content (AvgIpc) is 3.07. The summed E-state index contributed by atoms with van der Waals surface area (Å²) >= 11 is 0. The molecule has 1 atom stereocenters. The van der Waals surface area contributed by atoms with E-state index in [2.05, 4.69) is 25.2 Å². The first-order valence-corrected chi connectivity index (χ1v) is 5.58. The number of H-pyrrole nitrogens is 1. The molecule has 1 heterocycles. The first kappa shape index (κ1) is 12.5. The molecule has 0 spiro atoms. The predicted octanol–water partition coefficient (Wildman–Crippen LogP) is -0.488. The zero-order valence-corrected chi connectivity index (χ0v) is 9.84. The summed E-state index contributed by atoms with van der Waals surface area (Å²) in [6, 6.07) is 0. The minimum absolute atomic E-state index is 0.0251. The molecular weight excluding hydrogens is 240 g/mol. The molecule has 0 radical (unpaired) electrons. The van der Waals surface area contributed by atoms with E-state index in [1.54, 1.807) is 0 Å². The Morgan fingerprint density at radius 2 is 2.33 bits per heavy atom. The number of nitrogens with one attached hydrogen (secondary N) is 2. The second kappa shape index (κ2) is 5.13. The van der Waals surface area contributed by atoms with Gasteiger partial charge in [0.1, 0.15) is 5.82 Å². The molecule has 0 aliphatic heterocycles. The number of carbonyl (C=O) groups excluding carboxylic acids is 1. The molecule has 0 saturated heterocycles.